The molecule has 0 aromatic carbocycles. The molecule has 10 heteroatoms. The molecule has 0 bridgehead atoms. The maximum Gasteiger partial charge on any atom is 0.471 e. The molecule has 0 saturated carbocycles. The number of nitrogens with one attached hydrogen (secondary N) is 1. The molecule has 3 aromatic heterocycles. The Bertz CT molecular complexity index is 960. The summed E-state index contributed by atoms with van der Waals surface area (Å²) in [5, 5.41) is 4.15. The lowest BCUT2D eigenvalue weighted by Crippen LogP contribution is -2.47. The number of carbonyl (C=O) groups is 1. The largest absolute Gasteiger partial charge is 0.471 e. The number of rotatable bonds is 1. The summed E-state index contributed by atoms with van der Waals surface area (Å²) in [5.41, 5.74) is 1.15. The van der Waals surface area contributed by atoms with Crippen LogP contribution >= 0.6 is 0 Å². The second-order valence-electron chi connectivity index (χ2n) is 5.67. The zero-order valence-electron chi connectivity index (χ0n) is 12.6. The van der Waals surface area contributed by atoms with Crippen molar-refractivity contribution in [2.75, 3.05) is 6.54 Å². The minimum absolute atomic E-state index is 0.111. The number of aromatic amines is 1. The minimum atomic E-state index is -5.02. The molecule has 1 aliphatic rings. The van der Waals surface area contributed by atoms with E-state index >= 15 is 0 Å². The number of hydrogen-bond acceptors (Lipinski definition) is 3. The first kappa shape index (κ1) is 15.6. The van der Waals surface area contributed by atoms with Crippen LogP contribution in [0.3, 0.4) is 0 Å². The van der Waals surface area contributed by atoms with E-state index in [1.807, 2.05) is 0 Å². The maximum absolute atomic E-state index is 13.9. The molecule has 0 radical (unpaired) electrons. The van der Waals surface area contributed by atoms with Crippen LogP contribution in [0.2, 0.25) is 0 Å². The SMILES string of the molecule is O=C(N1CCc2[nH]cnc2C1c1cc2c(F)cccn2n1)C(F)(F)F. The van der Waals surface area contributed by atoms with E-state index in [4.69, 9.17) is 0 Å². The molecule has 130 valence electrons. The molecule has 0 spiro atoms. The molecular formula is C15H11F4N5O. The molecule has 1 unspecified atom stereocenters. The van der Waals surface area contributed by atoms with Crippen LogP contribution in [0, 0.1) is 5.82 Å². The highest BCUT2D eigenvalue weighted by Crippen LogP contribution is 2.36. The lowest BCUT2D eigenvalue weighted by atomic mass is 9.99. The molecule has 1 N–H and O–H groups in total. The number of hydrogen-bond donors (Lipinski definition) is 1. The fourth-order valence-electron chi connectivity index (χ4n) is 3.09. The Morgan fingerprint density at radius 1 is 1.36 bits per heavy atom. The van der Waals surface area contributed by atoms with Crippen LogP contribution in [-0.4, -0.2) is 43.1 Å². The van der Waals surface area contributed by atoms with E-state index in [1.165, 1.54) is 35.2 Å². The van der Waals surface area contributed by atoms with Crippen molar-refractivity contribution in [2.24, 2.45) is 0 Å². The summed E-state index contributed by atoms with van der Waals surface area (Å²) < 4.78 is 54.1. The van der Waals surface area contributed by atoms with E-state index in [9.17, 15) is 22.4 Å². The lowest BCUT2D eigenvalue weighted by molar-refractivity contribution is -0.187. The number of carbonyl (C=O) groups excluding carboxylic acids is 1. The second-order valence-corrected chi connectivity index (χ2v) is 5.67. The van der Waals surface area contributed by atoms with Crippen LogP contribution in [0.15, 0.2) is 30.7 Å². The Morgan fingerprint density at radius 2 is 2.16 bits per heavy atom. The van der Waals surface area contributed by atoms with Crippen molar-refractivity contribution in [3.05, 3.63) is 53.6 Å². The maximum atomic E-state index is 13.9. The van der Waals surface area contributed by atoms with Gasteiger partial charge in [-0.25, -0.2) is 13.9 Å². The van der Waals surface area contributed by atoms with Crippen LogP contribution < -0.4 is 0 Å². The molecule has 3 aromatic rings. The molecule has 4 heterocycles. The van der Waals surface area contributed by atoms with Gasteiger partial charge in [0.1, 0.15) is 17.4 Å². The molecule has 0 saturated heterocycles. The normalized spacial score (nSPS) is 17.8. The van der Waals surface area contributed by atoms with E-state index < -0.39 is 23.9 Å². The fraction of sp³-hybridized carbons (Fsp3) is 0.267. The highest BCUT2D eigenvalue weighted by atomic mass is 19.4. The standard InChI is InChI=1S/C15H11F4N5O/c16-8-2-1-4-24-11(8)6-10(22-24)13-12-9(20-7-21-12)3-5-23(13)14(25)15(17,18)19/h1-2,4,6-7,13H,3,5H2,(H,20,21). The van der Waals surface area contributed by atoms with Gasteiger partial charge in [0, 0.05) is 24.9 Å². The predicted octanol–water partition coefficient (Wildman–Crippen LogP) is 2.23. The third-order valence-corrected chi connectivity index (χ3v) is 4.18. The second kappa shape index (κ2) is 5.30. The first-order chi connectivity index (χ1) is 11.9. The van der Waals surface area contributed by atoms with Gasteiger partial charge in [-0.3, -0.25) is 4.79 Å². The Kier molecular flexibility index (Phi) is 3.31. The van der Waals surface area contributed by atoms with E-state index in [2.05, 4.69) is 15.1 Å². The van der Waals surface area contributed by atoms with E-state index in [-0.39, 0.29) is 29.9 Å². The Balaban J connectivity index is 1.87. The van der Waals surface area contributed by atoms with Gasteiger partial charge in [0.2, 0.25) is 0 Å². The molecule has 0 fully saturated rings. The minimum Gasteiger partial charge on any atom is -0.348 e. The van der Waals surface area contributed by atoms with Gasteiger partial charge in [0.25, 0.3) is 0 Å². The average molecular weight is 353 g/mol. The molecular weight excluding hydrogens is 342 g/mol. The van der Waals surface area contributed by atoms with Gasteiger partial charge in [-0.1, -0.05) is 0 Å². The monoisotopic (exact) mass is 353 g/mol. The number of imidazole rings is 1. The lowest BCUT2D eigenvalue weighted by Gasteiger charge is -2.34. The molecule has 1 aliphatic heterocycles. The smallest absolute Gasteiger partial charge is 0.348 e. The van der Waals surface area contributed by atoms with Gasteiger partial charge in [-0.2, -0.15) is 18.3 Å². The fourth-order valence-corrected chi connectivity index (χ4v) is 3.09. The summed E-state index contributed by atoms with van der Waals surface area (Å²) in [6.45, 7) is -0.144. The van der Waals surface area contributed by atoms with Gasteiger partial charge >= 0.3 is 12.1 Å². The van der Waals surface area contributed by atoms with Crippen molar-refractivity contribution in [1.29, 1.82) is 0 Å². The Labute approximate surface area is 138 Å². The van der Waals surface area contributed by atoms with Gasteiger partial charge in [0.15, 0.2) is 0 Å². The van der Waals surface area contributed by atoms with Gasteiger partial charge in [-0.15, -0.1) is 0 Å². The number of halogens is 4. The summed E-state index contributed by atoms with van der Waals surface area (Å²) in [7, 11) is 0. The molecule has 1 amide bonds. The zero-order chi connectivity index (χ0) is 17.8. The number of H-pyrrole nitrogens is 1. The average Bonchev–Trinajstić information content (AvgIpc) is 3.19. The van der Waals surface area contributed by atoms with E-state index in [1.54, 1.807) is 0 Å². The number of aromatic nitrogens is 4. The number of nitrogens with zero attached hydrogens (tertiary/aromatic N) is 4. The summed E-state index contributed by atoms with van der Waals surface area (Å²) in [4.78, 5) is 19.5. The van der Waals surface area contributed by atoms with E-state index in [0.717, 1.165) is 0 Å². The van der Waals surface area contributed by atoms with Crippen LogP contribution in [0.1, 0.15) is 23.1 Å². The van der Waals surface area contributed by atoms with Crippen LogP contribution in [0.25, 0.3) is 5.52 Å². The van der Waals surface area contributed by atoms with Crippen molar-refractivity contribution in [1.82, 2.24) is 24.5 Å². The zero-order valence-corrected chi connectivity index (χ0v) is 12.6. The van der Waals surface area contributed by atoms with Crippen molar-refractivity contribution in [2.45, 2.75) is 18.6 Å². The van der Waals surface area contributed by atoms with Crippen LogP contribution in [0.5, 0.6) is 0 Å². The molecule has 25 heavy (non-hydrogen) atoms. The van der Waals surface area contributed by atoms with Crippen molar-refractivity contribution >= 4 is 11.4 Å². The summed E-state index contributed by atoms with van der Waals surface area (Å²) in [6.07, 6.45) is -1.96. The molecule has 1 atom stereocenters. The third-order valence-electron chi connectivity index (χ3n) is 4.18. The number of alkyl halides is 3. The molecule has 0 aliphatic carbocycles. The first-order valence-electron chi connectivity index (χ1n) is 7.40. The summed E-state index contributed by atoms with van der Waals surface area (Å²) in [6, 6.07) is 2.85. The van der Waals surface area contributed by atoms with Gasteiger partial charge in [0.05, 0.1) is 17.7 Å². The number of fused-ring (bicyclic) bond motifs is 2. The van der Waals surface area contributed by atoms with E-state index in [0.29, 0.717) is 10.6 Å². The van der Waals surface area contributed by atoms with Crippen molar-refractivity contribution in [3.8, 4) is 0 Å². The molecule has 4 rings (SSSR count). The van der Waals surface area contributed by atoms with Crippen LogP contribution in [0.4, 0.5) is 17.6 Å². The van der Waals surface area contributed by atoms with Crippen molar-refractivity contribution in [3.63, 3.8) is 0 Å². The summed E-state index contributed by atoms with van der Waals surface area (Å²) in [5.74, 6) is -2.53. The van der Waals surface area contributed by atoms with Gasteiger partial charge < -0.3 is 9.88 Å². The Morgan fingerprint density at radius 3 is 2.88 bits per heavy atom. The first-order valence-corrected chi connectivity index (χ1v) is 7.40. The third kappa shape index (κ3) is 2.44. The predicted molar refractivity (Wildman–Crippen MR) is 77.1 cm³/mol. The molecule has 6 nitrogen and oxygen atoms in total. The number of pyridine rings is 1. The highest BCUT2D eigenvalue weighted by molar-refractivity contribution is 5.83. The van der Waals surface area contributed by atoms with Crippen molar-refractivity contribution < 1.29 is 22.4 Å². The number of amides is 1. The van der Waals surface area contributed by atoms with Crippen LogP contribution in [-0.2, 0) is 11.2 Å². The topological polar surface area (TPSA) is 66.3 Å². The van der Waals surface area contributed by atoms with Gasteiger partial charge in [-0.05, 0) is 18.2 Å². The summed E-state index contributed by atoms with van der Waals surface area (Å²) >= 11 is 0. The Hall–Kier alpha value is -2.91. The highest BCUT2D eigenvalue weighted by Gasteiger charge is 2.47. The quantitative estimate of drug-likeness (QED) is 0.683.